The molecule has 3 aromatic carbocycles. The molecule has 3 aromatic rings. The van der Waals surface area contributed by atoms with Crippen molar-refractivity contribution in [2.75, 3.05) is 5.32 Å². The molecule has 0 atom stereocenters. The van der Waals surface area contributed by atoms with Crippen LogP contribution in [0.2, 0.25) is 10.0 Å². The number of ether oxygens (including phenoxy) is 1. The standard InChI is InChI=1S/C23H15Cl2N3O4/c24-20-11-16(9-17(13-26)23(29)27-18-6-2-1-3-7-18)12-21(25)22(20)32-14-15-5-4-8-19(10-15)28(30)31/h1-12H,14H2,(H,27,29)/b17-9-. The van der Waals surface area contributed by atoms with Gasteiger partial charge in [-0.05, 0) is 41.5 Å². The molecule has 9 heteroatoms. The molecule has 0 unspecified atom stereocenters. The van der Waals surface area contributed by atoms with Crippen molar-refractivity contribution in [2.45, 2.75) is 6.61 Å². The Labute approximate surface area is 193 Å². The Balaban J connectivity index is 1.77. The number of non-ortho nitro benzene ring substituents is 1. The van der Waals surface area contributed by atoms with Gasteiger partial charge in [-0.1, -0.05) is 53.5 Å². The number of nitro benzene ring substituents is 1. The van der Waals surface area contributed by atoms with Gasteiger partial charge in [-0.15, -0.1) is 0 Å². The maximum Gasteiger partial charge on any atom is 0.269 e. The molecule has 0 aliphatic rings. The van der Waals surface area contributed by atoms with Crippen molar-refractivity contribution < 1.29 is 14.5 Å². The number of anilines is 1. The average Bonchev–Trinajstić information content (AvgIpc) is 2.77. The van der Waals surface area contributed by atoms with Crippen LogP contribution < -0.4 is 10.1 Å². The van der Waals surface area contributed by atoms with Crippen LogP contribution >= 0.6 is 23.2 Å². The summed E-state index contributed by atoms with van der Waals surface area (Å²) in [6.45, 7) is 0.0131. The summed E-state index contributed by atoms with van der Waals surface area (Å²) in [6, 6.07) is 19.6. The second-order valence-corrected chi connectivity index (χ2v) is 7.33. The van der Waals surface area contributed by atoms with Gasteiger partial charge in [0.1, 0.15) is 18.2 Å². The first kappa shape index (κ1) is 22.8. The van der Waals surface area contributed by atoms with Gasteiger partial charge < -0.3 is 10.1 Å². The van der Waals surface area contributed by atoms with E-state index in [1.54, 1.807) is 36.4 Å². The van der Waals surface area contributed by atoms with Gasteiger partial charge in [-0.2, -0.15) is 5.26 Å². The van der Waals surface area contributed by atoms with Crippen LogP contribution in [0, 0.1) is 21.4 Å². The molecule has 0 heterocycles. The van der Waals surface area contributed by atoms with Gasteiger partial charge in [-0.3, -0.25) is 14.9 Å². The molecule has 1 N–H and O–H groups in total. The second-order valence-electron chi connectivity index (χ2n) is 6.52. The number of nitro groups is 1. The highest BCUT2D eigenvalue weighted by atomic mass is 35.5. The van der Waals surface area contributed by atoms with Crippen molar-refractivity contribution >= 4 is 46.6 Å². The van der Waals surface area contributed by atoms with Crippen LogP contribution in [-0.2, 0) is 11.4 Å². The predicted molar refractivity (Wildman–Crippen MR) is 123 cm³/mol. The topological polar surface area (TPSA) is 105 Å². The van der Waals surface area contributed by atoms with Crippen molar-refractivity contribution in [3.8, 4) is 11.8 Å². The Bertz CT molecular complexity index is 1210. The summed E-state index contributed by atoms with van der Waals surface area (Å²) in [7, 11) is 0. The Morgan fingerprint density at radius 3 is 2.41 bits per heavy atom. The highest BCUT2D eigenvalue weighted by Gasteiger charge is 2.14. The van der Waals surface area contributed by atoms with Crippen LogP contribution in [0.4, 0.5) is 11.4 Å². The van der Waals surface area contributed by atoms with Crippen molar-refractivity contribution in [3.05, 3.63) is 104 Å². The minimum absolute atomic E-state index is 0.0131. The number of benzene rings is 3. The normalized spacial score (nSPS) is 10.8. The molecule has 32 heavy (non-hydrogen) atoms. The lowest BCUT2D eigenvalue weighted by molar-refractivity contribution is -0.384. The molecule has 0 spiro atoms. The summed E-state index contributed by atoms with van der Waals surface area (Å²) in [4.78, 5) is 22.8. The molecule has 7 nitrogen and oxygen atoms in total. The number of nitrogens with zero attached hydrogens (tertiary/aromatic N) is 2. The van der Waals surface area contributed by atoms with Gasteiger partial charge in [0.2, 0.25) is 0 Å². The zero-order valence-corrected chi connectivity index (χ0v) is 17.9. The maximum atomic E-state index is 12.4. The first-order valence-electron chi connectivity index (χ1n) is 9.20. The van der Waals surface area contributed by atoms with Crippen LogP contribution in [0.5, 0.6) is 5.75 Å². The summed E-state index contributed by atoms with van der Waals surface area (Å²) >= 11 is 12.6. The number of hydrogen-bond donors (Lipinski definition) is 1. The summed E-state index contributed by atoms with van der Waals surface area (Å²) in [5.74, 6) is -0.388. The second kappa shape index (κ2) is 10.4. The van der Waals surface area contributed by atoms with Crippen molar-refractivity contribution in [1.82, 2.24) is 0 Å². The number of hydrogen-bond acceptors (Lipinski definition) is 5. The third kappa shape index (κ3) is 5.85. The number of rotatable bonds is 7. The SMILES string of the molecule is N#C/C(=C/c1cc(Cl)c(OCc2cccc([N+](=O)[O-])c2)c(Cl)c1)C(=O)Nc1ccccc1. The van der Waals surface area contributed by atoms with E-state index in [4.69, 9.17) is 27.9 Å². The van der Waals surface area contributed by atoms with E-state index in [1.807, 2.05) is 12.1 Å². The molecule has 0 saturated heterocycles. The molecule has 0 bridgehead atoms. The van der Waals surface area contributed by atoms with Crippen LogP contribution in [0.3, 0.4) is 0 Å². The Kier molecular flexibility index (Phi) is 7.45. The zero-order valence-electron chi connectivity index (χ0n) is 16.4. The molecule has 0 radical (unpaired) electrons. The molecule has 3 rings (SSSR count). The van der Waals surface area contributed by atoms with Gasteiger partial charge in [0.15, 0.2) is 5.75 Å². The average molecular weight is 468 g/mol. The van der Waals surface area contributed by atoms with E-state index in [2.05, 4.69) is 5.32 Å². The molecule has 0 saturated carbocycles. The number of nitrogens with one attached hydrogen (secondary N) is 1. The van der Waals surface area contributed by atoms with E-state index < -0.39 is 10.8 Å². The van der Waals surface area contributed by atoms with E-state index in [0.717, 1.165) is 0 Å². The summed E-state index contributed by atoms with van der Waals surface area (Å²) in [6.07, 6.45) is 1.36. The fourth-order valence-corrected chi connectivity index (χ4v) is 3.36. The molecule has 160 valence electrons. The van der Waals surface area contributed by atoms with Gasteiger partial charge in [0.25, 0.3) is 11.6 Å². The van der Waals surface area contributed by atoms with Crippen molar-refractivity contribution in [2.24, 2.45) is 0 Å². The molecular formula is C23H15Cl2N3O4. The maximum absolute atomic E-state index is 12.4. The first-order chi connectivity index (χ1) is 15.4. The monoisotopic (exact) mass is 467 g/mol. The first-order valence-corrected chi connectivity index (χ1v) is 9.96. The van der Waals surface area contributed by atoms with Gasteiger partial charge in [0, 0.05) is 17.8 Å². The van der Waals surface area contributed by atoms with Crippen LogP contribution in [0.25, 0.3) is 6.08 Å². The van der Waals surface area contributed by atoms with Crippen LogP contribution in [0.15, 0.2) is 72.3 Å². The molecule has 0 aromatic heterocycles. The Hall–Kier alpha value is -3.86. The highest BCUT2D eigenvalue weighted by molar-refractivity contribution is 6.37. The largest absolute Gasteiger partial charge is 0.486 e. The van der Waals surface area contributed by atoms with Crippen molar-refractivity contribution in [1.29, 1.82) is 5.26 Å². The summed E-state index contributed by atoms with van der Waals surface area (Å²) < 4.78 is 5.65. The predicted octanol–water partition coefficient (Wildman–Crippen LogP) is 6.03. The van der Waals surface area contributed by atoms with E-state index >= 15 is 0 Å². The summed E-state index contributed by atoms with van der Waals surface area (Å²) in [5.41, 5.74) is 1.37. The smallest absolute Gasteiger partial charge is 0.269 e. The number of nitriles is 1. The molecule has 0 aliphatic heterocycles. The summed E-state index contributed by atoms with van der Waals surface area (Å²) in [5, 5.41) is 23.2. The molecule has 1 amide bonds. The Morgan fingerprint density at radius 2 is 1.78 bits per heavy atom. The van der Waals surface area contributed by atoms with E-state index in [1.165, 1.54) is 30.3 Å². The fraction of sp³-hybridized carbons (Fsp3) is 0.0435. The zero-order chi connectivity index (χ0) is 23.1. The fourth-order valence-electron chi connectivity index (χ4n) is 2.75. The number of amides is 1. The Morgan fingerprint density at radius 1 is 1.09 bits per heavy atom. The third-order valence-electron chi connectivity index (χ3n) is 4.23. The minimum atomic E-state index is -0.572. The molecular weight excluding hydrogens is 453 g/mol. The number of para-hydroxylation sites is 1. The van der Waals surface area contributed by atoms with Gasteiger partial charge in [0.05, 0.1) is 15.0 Å². The highest BCUT2D eigenvalue weighted by Crippen LogP contribution is 2.35. The number of halogens is 2. The van der Waals surface area contributed by atoms with Gasteiger partial charge in [-0.25, -0.2) is 0 Å². The molecule has 0 fully saturated rings. The number of carbonyl (C=O) groups is 1. The van der Waals surface area contributed by atoms with Crippen LogP contribution in [0.1, 0.15) is 11.1 Å². The quantitative estimate of drug-likeness (QED) is 0.197. The third-order valence-corrected chi connectivity index (χ3v) is 4.79. The van der Waals surface area contributed by atoms with E-state index in [0.29, 0.717) is 16.8 Å². The lowest BCUT2D eigenvalue weighted by Gasteiger charge is -2.11. The van der Waals surface area contributed by atoms with Crippen molar-refractivity contribution in [3.63, 3.8) is 0 Å². The van der Waals surface area contributed by atoms with E-state index in [9.17, 15) is 20.2 Å². The lowest BCUT2D eigenvalue weighted by Crippen LogP contribution is -2.13. The lowest BCUT2D eigenvalue weighted by atomic mass is 10.1. The van der Waals surface area contributed by atoms with E-state index in [-0.39, 0.29) is 33.7 Å². The molecule has 0 aliphatic carbocycles. The van der Waals surface area contributed by atoms with Gasteiger partial charge >= 0.3 is 0 Å². The van der Waals surface area contributed by atoms with Crippen LogP contribution in [-0.4, -0.2) is 10.8 Å². The minimum Gasteiger partial charge on any atom is -0.486 e. The number of carbonyl (C=O) groups excluding carboxylic acids is 1.